The van der Waals surface area contributed by atoms with Crippen LogP contribution in [0.4, 0.5) is 4.79 Å². The van der Waals surface area contributed by atoms with Crippen LogP contribution in [0.25, 0.3) is 11.1 Å². The first-order valence-corrected chi connectivity index (χ1v) is 14.0. The monoisotopic (exact) mass is 555 g/mol. The predicted octanol–water partition coefficient (Wildman–Crippen LogP) is 3.53. The molecular weight excluding hydrogens is 522 g/mol. The van der Waals surface area contributed by atoms with E-state index in [4.69, 9.17) is 9.47 Å². The molecule has 0 spiro atoms. The number of carbonyl (C=O) groups excluding carboxylic acids is 2. The third-order valence-electron chi connectivity index (χ3n) is 8.37. The molecule has 2 aliphatic heterocycles. The number of rotatable bonds is 8. The normalized spacial score (nSPS) is 23.5. The van der Waals surface area contributed by atoms with E-state index in [2.05, 4.69) is 34.9 Å². The number of nitrogens with zero attached hydrogens (tertiary/aromatic N) is 1. The second kappa shape index (κ2) is 11.3. The van der Waals surface area contributed by atoms with Gasteiger partial charge in [0, 0.05) is 32.2 Å². The van der Waals surface area contributed by atoms with Gasteiger partial charge in [-0.05, 0) is 40.7 Å². The molecule has 0 bridgehead atoms. The van der Waals surface area contributed by atoms with Crippen molar-refractivity contribution >= 4 is 18.0 Å². The number of carboxylic acids is 1. The minimum absolute atomic E-state index is 0.0799. The SMILES string of the molecule is O=C(N[C@@H]1CCO[C@@H]1C(=O)NC1(C(=O)O)CCN(Cc2ccccc2)C1)OCC1c2ccccc2-c2ccccc21. The van der Waals surface area contributed by atoms with Crippen LogP contribution in [0.1, 0.15) is 35.4 Å². The fourth-order valence-corrected chi connectivity index (χ4v) is 6.29. The van der Waals surface area contributed by atoms with Crippen LogP contribution in [0, 0.1) is 0 Å². The van der Waals surface area contributed by atoms with E-state index in [9.17, 15) is 19.5 Å². The molecule has 212 valence electrons. The van der Waals surface area contributed by atoms with Gasteiger partial charge in [0.05, 0.1) is 6.04 Å². The van der Waals surface area contributed by atoms with Crippen molar-refractivity contribution in [1.29, 1.82) is 0 Å². The number of hydrogen-bond acceptors (Lipinski definition) is 6. The highest BCUT2D eigenvalue weighted by molar-refractivity contribution is 5.90. The first kappa shape index (κ1) is 27.0. The molecule has 3 N–H and O–H groups in total. The molecule has 1 unspecified atom stereocenters. The van der Waals surface area contributed by atoms with E-state index < -0.39 is 35.7 Å². The van der Waals surface area contributed by atoms with E-state index in [1.807, 2.05) is 59.5 Å². The minimum atomic E-state index is -1.42. The summed E-state index contributed by atoms with van der Waals surface area (Å²) < 4.78 is 11.3. The molecule has 6 rings (SSSR count). The van der Waals surface area contributed by atoms with Crippen molar-refractivity contribution in [2.75, 3.05) is 26.3 Å². The van der Waals surface area contributed by atoms with Crippen LogP contribution >= 0.6 is 0 Å². The molecule has 3 aliphatic rings. The highest BCUT2D eigenvalue weighted by Crippen LogP contribution is 2.44. The zero-order chi connectivity index (χ0) is 28.4. The lowest BCUT2D eigenvalue weighted by Crippen LogP contribution is -2.60. The largest absolute Gasteiger partial charge is 0.479 e. The number of ether oxygens (including phenoxy) is 2. The van der Waals surface area contributed by atoms with Crippen molar-refractivity contribution < 1.29 is 29.0 Å². The van der Waals surface area contributed by atoms with Gasteiger partial charge in [-0.15, -0.1) is 0 Å². The summed E-state index contributed by atoms with van der Waals surface area (Å²) in [5.41, 5.74) is 4.15. The Labute approximate surface area is 238 Å². The summed E-state index contributed by atoms with van der Waals surface area (Å²) in [6.45, 7) is 1.74. The lowest BCUT2D eigenvalue weighted by atomic mass is 9.97. The molecule has 2 saturated heterocycles. The Kier molecular flexibility index (Phi) is 7.47. The number of carboxylic acid groups (broad SMARTS) is 1. The van der Waals surface area contributed by atoms with E-state index >= 15 is 0 Å². The molecule has 2 amide bonds. The maximum absolute atomic E-state index is 13.3. The van der Waals surface area contributed by atoms with Crippen molar-refractivity contribution in [3.05, 3.63) is 95.6 Å². The molecule has 0 aromatic heterocycles. The highest BCUT2D eigenvalue weighted by atomic mass is 16.6. The first-order chi connectivity index (χ1) is 19.9. The molecule has 3 aromatic carbocycles. The second-order valence-electron chi connectivity index (χ2n) is 11.0. The van der Waals surface area contributed by atoms with E-state index in [1.54, 1.807) is 0 Å². The van der Waals surface area contributed by atoms with Crippen LogP contribution in [0.3, 0.4) is 0 Å². The smallest absolute Gasteiger partial charge is 0.407 e. The first-order valence-electron chi connectivity index (χ1n) is 14.0. The Morgan fingerprint density at radius 1 is 0.951 bits per heavy atom. The fourth-order valence-electron chi connectivity index (χ4n) is 6.29. The maximum atomic E-state index is 13.3. The number of alkyl carbamates (subject to hydrolysis) is 1. The van der Waals surface area contributed by atoms with E-state index in [0.717, 1.165) is 27.8 Å². The lowest BCUT2D eigenvalue weighted by Gasteiger charge is -2.29. The number of carbonyl (C=O) groups is 3. The highest BCUT2D eigenvalue weighted by Gasteiger charge is 2.48. The van der Waals surface area contributed by atoms with Crippen molar-refractivity contribution in [1.82, 2.24) is 15.5 Å². The van der Waals surface area contributed by atoms with Gasteiger partial charge in [0.1, 0.15) is 6.61 Å². The number of amides is 2. The van der Waals surface area contributed by atoms with Gasteiger partial charge in [-0.25, -0.2) is 9.59 Å². The standard InChI is InChI=1S/C32H33N3O6/c36-29(34-32(30(37)38)15-16-35(20-32)18-21-8-2-1-3-9-21)28-27(14-17-40-28)33-31(39)41-19-26-24-12-6-4-10-22(24)23-11-5-7-13-25(23)26/h1-13,26-28H,14-20H2,(H,33,39)(H,34,36)(H,37,38)/t27-,28+,32?/m1/s1. The molecule has 3 aromatic rings. The average molecular weight is 556 g/mol. The third kappa shape index (κ3) is 5.42. The van der Waals surface area contributed by atoms with Crippen LogP contribution in [0.15, 0.2) is 78.9 Å². The zero-order valence-electron chi connectivity index (χ0n) is 22.6. The summed E-state index contributed by atoms with van der Waals surface area (Å²) in [5.74, 6) is -1.71. The minimum Gasteiger partial charge on any atom is -0.479 e. The van der Waals surface area contributed by atoms with Crippen LogP contribution in [0.2, 0.25) is 0 Å². The molecule has 41 heavy (non-hydrogen) atoms. The molecule has 3 atom stereocenters. The summed E-state index contributed by atoms with van der Waals surface area (Å²) in [6.07, 6.45) is -0.946. The number of likely N-dealkylation sites (tertiary alicyclic amines) is 1. The van der Waals surface area contributed by atoms with E-state index in [0.29, 0.717) is 19.5 Å². The molecule has 2 heterocycles. The molecular formula is C32H33N3O6. The second-order valence-corrected chi connectivity index (χ2v) is 11.0. The molecule has 2 fully saturated rings. The maximum Gasteiger partial charge on any atom is 0.407 e. The molecule has 0 saturated carbocycles. The summed E-state index contributed by atoms with van der Waals surface area (Å²) in [7, 11) is 0. The van der Waals surface area contributed by atoms with Crippen molar-refractivity contribution in [2.45, 2.75) is 43.0 Å². The Balaban J connectivity index is 1.06. The van der Waals surface area contributed by atoms with E-state index in [-0.39, 0.29) is 32.1 Å². The summed E-state index contributed by atoms with van der Waals surface area (Å²) in [5, 5.41) is 15.6. The Bertz CT molecular complexity index is 1400. The molecule has 9 nitrogen and oxygen atoms in total. The quantitative estimate of drug-likeness (QED) is 0.389. The average Bonchev–Trinajstić information content (AvgIpc) is 3.69. The van der Waals surface area contributed by atoms with Gasteiger partial charge in [-0.3, -0.25) is 9.69 Å². The number of hydrogen-bond donors (Lipinski definition) is 3. The molecule has 0 radical (unpaired) electrons. The van der Waals surface area contributed by atoms with Crippen LogP contribution in [-0.2, 0) is 25.6 Å². The number of nitrogens with one attached hydrogen (secondary N) is 2. The summed E-state index contributed by atoms with van der Waals surface area (Å²) in [4.78, 5) is 40.5. The van der Waals surface area contributed by atoms with Crippen LogP contribution in [-0.4, -0.2) is 72.0 Å². The fraction of sp³-hybridized carbons (Fsp3) is 0.344. The lowest BCUT2D eigenvalue weighted by molar-refractivity contribution is -0.149. The Morgan fingerprint density at radius 2 is 1.61 bits per heavy atom. The van der Waals surface area contributed by atoms with Gasteiger partial charge < -0.3 is 25.2 Å². The number of benzene rings is 3. The predicted molar refractivity (Wildman–Crippen MR) is 151 cm³/mol. The van der Waals surface area contributed by atoms with Gasteiger partial charge in [0.15, 0.2) is 11.6 Å². The summed E-state index contributed by atoms with van der Waals surface area (Å²) >= 11 is 0. The van der Waals surface area contributed by atoms with E-state index in [1.165, 1.54) is 0 Å². The van der Waals surface area contributed by atoms with Gasteiger partial charge in [-0.2, -0.15) is 0 Å². The van der Waals surface area contributed by atoms with Crippen LogP contribution in [0.5, 0.6) is 0 Å². The molecule has 1 aliphatic carbocycles. The van der Waals surface area contributed by atoms with Crippen molar-refractivity contribution in [3.8, 4) is 11.1 Å². The third-order valence-corrected chi connectivity index (χ3v) is 8.37. The number of fused-ring (bicyclic) bond motifs is 3. The summed E-state index contributed by atoms with van der Waals surface area (Å²) in [6, 6.07) is 25.4. The van der Waals surface area contributed by atoms with Crippen LogP contribution < -0.4 is 10.6 Å². The van der Waals surface area contributed by atoms with Gasteiger partial charge >= 0.3 is 12.1 Å². The Hall–Kier alpha value is -4.21. The topological polar surface area (TPSA) is 117 Å². The van der Waals surface area contributed by atoms with Crippen molar-refractivity contribution in [3.63, 3.8) is 0 Å². The van der Waals surface area contributed by atoms with Gasteiger partial charge in [0.25, 0.3) is 5.91 Å². The van der Waals surface area contributed by atoms with Gasteiger partial charge in [0.2, 0.25) is 0 Å². The number of aliphatic carboxylic acids is 1. The Morgan fingerprint density at radius 3 is 2.29 bits per heavy atom. The van der Waals surface area contributed by atoms with Gasteiger partial charge in [-0.1, -0.05) is 78.9 Å². The zero-order valence-corrected chi connectivity index (χ0v) is 22.6. The molecule has 9 heteroatoms. The van der Waals surface area contributed by atoms with Crippen molar-refractivity contribution in [2.24, 2.45) is 0 Å².